The normalized spacial score (nSPS) is 11.6. The second-order valence-corrected chi connectivity index (χ2v) is 5.47. The van der Waals surface area contributed by atoms with Crippen LogP contribution in [-0.4, -0.2) is 19.1 Å². The minimum absolute atomic E-state index is 0.0428. The lowest BCUT2D eigenvalue weighted by Gasteiger charge is -2.15. The summed E-state index contributed by atoms with van der Waals surface area (Å²) < 4.78 is 10.8. The van der Waals surface area contributed by atoms with Gasteiger partial charge in [0.1, 0.15) is 11.5 Å². The van der Waals surface area contributed by atoms with Crippen molar-refractivity contribution in [1.82, 2.24) is 5.32 Å². The van der Waals surface area contributed by atoms with Crippen LogP contribution >= 0.6 is 11.6 Å². The highest BCUT2D eigenvalue weighted by molar-refractivity contribution is 6.30. The van der Waals surface area contributed by atoms with Crippen LogP contribution in [0.2, 0.25) is 5.02 Å². The third-order valence-corrected chi connectivity index (χ3v) is 3.47. The molecule has 1 amide bonds. The summed E-state index contributed by atoms with van der Waals surface area (Å²) in [6.07, 6.45) is 0. The van der Waals surface area contributed by atoms with E-state index >= 15 is 0 Å². The Kier molecular flexibility index (Phi) is 6.29. The SMILES string of the molecule is CCOc1ccc(OCC(=O)N[C@@H](C)c2cccc(Cl)c2)cc1. The first kappa shape index (κ1) is 17.2. The number of carbonyl (C=O) groups is 1. The molecule has 2 aromatic rings. The van der Waals surface area contributed by atoms with Crippen molar-refractivity contribution in [3.05, 3.63) is 59.1 Å². The maximum Gasteiger partial charge on any atom is 0.258 e. The Morgan fingerprint density at radius 3 is 2.39 bits per heavy atom. The molecule has 2 rings (SSSR count). The Bertz CT molecular complexity index is 643. The third kappa shape index (κ3) is 5.49. The van der Waals surface area contributed by atoms with Crippen LogP contribution in [0.4, 0.5) is 0 Å². The molecular weight excluding hydrogens is 314 g/mol. The standard InChI is InChI=1S/C18H20ClNO3/c1-3-22-16-7-9-17(10-8-16)23-12-18(21)20-13(2)14-5-4-6-15(19)11-14/h4-11,13H,3,12H2,1-2H3,(H,20,21)/t13-/m0/s1. The third-order valence-electron chi connectivity index (χ3n) is 3.23. The van der Waals surface area contributed by atoms with Gasteiger partial charge in [0.25, 0.3) is 5.91 Å². The first-order valence-electron chi connectivity index (χ1n) is 7.49. The van der Waals surface area contributed by atoms with Gasteiger partial charge in [0, 0.05) is 5.02 Å². The predicted molar refractivity (Wildman–Crippen MR) is 91.1 cm³/mol. The summed E-state index contributed by atoms with van der Waals surface area (Å²) in [6.45, 7) is 4.40. The molecule has 0 saturated carbocycles. The van der Waals surface area contributed by atoms with Crippen LogP contribution < -0.4 is 14.8 Å². The number of nitrogens with one attached hydrogen (secondary N) is 1. The van der Waals surface area contributed by atoms with Crippen molar-refractivity contribution >= 4 is 17.5 Å². The maximum atomic E-state index is 12.0. The zero-order valence-electron chi connectivity index (χ0n) is 13.2. The number of carbonyl (C=O) groups excluding carboxylic acids is 1. The molecule has 5 heteroatoms. The molecule has 0 aromatic heterocycles. The number of hydrogen-bond acceptors (Lipinski definition) is 3. The second-order valence-electron chi connectivity index (χ2n) is 5.04. The van der Waals surface area contributed by atoms with Crippen LogP contribution in [0.5, 0.6) is 11.5 Å². The van der Waals surface area contributed by atoms with Gasteiger partial charge in [0.2, 0.25) is 0 Å². The first-order chi connectivity index (χ1) is 11.1. The molecule has 23 heavy (non-hydrogen) atoms. The van der Waals surface area contributed by atoms with E-state index in [0.717, 1.165) is 11.3 Å². The summed E-state index contributed by atoms with van der Waals surface area (Å²) in [4.78, 5) is 12.0. The van der Waals surface area contributed by atoms with Gasteiger partial charge >= 0.3 is 0 Å². The van der Waals surface area contributed by atoms with Gasteiger partial charge in [-0.1, -0.05) is 23.7 Å². The lowest BCUT2D eigenvalue weighted by molar-refractivity contribution is -0.123. The Morgan fingerprint density at radius 1 is 1.13 bits per heavy atom. The smallest absolute Gasteiger partial charge is 0.258 e. The van der Waals surface area contributed by atoms with E-state index in [1.807, 2.05) is 44.2 Å². The first-order valence-corrected chi connectivity index (χ1v) is 7.86. The van der Waals surface area contributed by atoms with Crippen molar-refractivity contribution in [3.8, 4) is 11.5 Å². The van der Waals surface area contributed by atoms with Gasteiger partial charge in [0.05, 0.1) is 12.6 Å². The number of halogens is 1. The Morgan fingerprint density at radius 2 is 1.78 bits per heavy atom. The molecule has 122 valence electrons. The summed E-state index contributed by atoms with van der Waals surface area (Å²) >= 11 is 5.95. The summed E-state index contributed by atoms with van der Waals surface area (Å²) in [5, 5.41) is 3.53. The van der Waals surface area contributed by atoms with E-state index in [9.17, 15) is 4.79 Å². The second kappa shape index (κ2) is 8.44. The minimum atomic E-state index is -0.189. The number of benzene rings is 2. The molecule has 0 aliphatic carbocycles. The zero-order valence-corrected chi connectivity index (χ0v) is 14.0. The van der Waals surface area contributed by atoms with E-state index in [4.69, 9.17) is 21.1 Å². The molecule has 0 bridgehead atoms. The zero-order chi connectivity index (χ0) is 16.7. The fourth-order valence-corrected chi connectivity index (χ4v) is 2.29. The van der Waals surface area contributed by atoms with Crippen molar-refractivity contribution < 1.29 is 14.3 Å². The van der Waals surface area contributed by atoms with Crippen LogP contribution in [0.3, 0.4) is 0 Å². The van der Waals surface area contributed by atoms with Crippen molar-refractivity contribution in [1.29, 1.82) is 0 Å². The van der Waals surface area contributed by atoms with Crippen molar-refractivity contribution in [2.75, 3.05) is 13.2 Å². The Labute approximate surface area is 141 Å². The number of hydrogen-bond donors (Lipinski definition) is 1. The van der Waals surface area contributed by atoms with Crippen LogP contribution in [0.25, 0.3) is 0 Å². The summed E-state index contributed by atoms with van der Waals surface area (Å²) in [6, 6.07) is 14.5. The van der Waals surface area contributed by atoms with E-state index in [2.05, 4.69) is 5.32 Å². The molecule has 0 saturated heterocycles. The molecule has 0 radical (unpaired) electrons. The largest absolute Gasteiger partial charge is 0.494 e. The molecule has 0 spiro atoms. The molecule has 1 atom stereocenters. The highest BCUT2D eigenvalue weighted by atomic mass is 35.5. The quantitative estimate of drug-likeness (QED) is 0.833. The van der Waals surface area contributed by atoms with E-state index in [1.165, 1.54) is 0 Å². The van der Waals surface area contributed by atoms with E-state index in [1.54, 1.807) is 18.2 Å². The summed E-state index contributed by atoms with van der Waals surface area (Å²) in [7, 11) is 0. The predicted octanol–water partition coefficient (Wildman–Crippen LogP) is 3.99. The maximum absolute atomic E-state index is 12.0. The van der Waals surface area contributed by atoms with Crippen LogP contribution in [-0.2, 0) is 4.79 Å². The molecule has 0 unspecified atom stereocenters. The van der Waals surface area contributed by atoms with Gasteiger partial charge in [0.15, 0.2) is 6.61 Å². The molecule has 2 aromatic carbocycles. The highest BCUT2D eigenvalue weighted by Gasteiger charge is 2.10. The Balaban J connectivity index is 1.82. The molecular formula is C18H20ClNO3. The number of rotatable bonds is 7. The Hall–Kier alpha value is -2.20. The van der Waals surface area contributed by atoms with Gasteiger partial charge in [-0.05, 0) is 55.8 Å². The molecule has 0 aliphatic rings. The average molecular weight is 334 g/mol. The van der Waals surface area contributed by atoms with Crippen molar-refractivity contribution in [2.24, 2.45) is 0 Å². The van der Waals surface area contributed by atoms with E-state index in [0.29, 0.717) is 17.4 Å². The molecule has 0 aliphatic heterocycles. The molecule has 4 nitrogen and oxygen atoms in total. The molecule has 0 heterocycles. The van der Waals surface area contributed by atoms with E-state index < -0.39 is 0 Å². The van der Waals surface area contributed by atoms with Gasteiger partial charge in [-0.25, -0.2) is 0 Å². The highest BCUT2D eigenvalue weighted by Crippen LogP contribution is 2.18. The van der Waals surface area contributed by atoms with Crippen molar-refractivity contribution in [2.45, 2.75) is 19.9 Å². The minimum Gasteiger partial charge on any atom is -0.494 e. The monoisotopic (exact) mass is 333 g/mol. The van der Waals surface area contributed by atoms with Gasteiger partial charge in [-0.2, -0.15) is 0 Å². The fraction of sp³-hybridized carbons (Fsp3) is 0.278. The molecule has 0 fully saturated rings. The lowest BCUT2D eigenvalue weighted by Crippen LogP contribution is -2.31. The van der Waals surface area contributed by atoms with Gasteiger partial charge < -0.3 is 14.8 Å². The van der Waals surface area contributed by atoms with Crippen LogP contribution in [0, 0.1) is 0 Å². The number of amides is 1. The summed E-state index contributed by atoms with van der Waals surface area (Å²) in [5.41, 5.74) is 0.951. The molecule has 1 N–H and O–H groups in total. The van der Waals surface area contributed by atoms with Gasteiger partial charge in [-0.3, -0.25) is 4.79 Å². The average Bonchev–Trinajstić information content (AvgIpc) is 2.54. The van der Waals surface area contributed by atoms with Crippen molar-refractivity contribution in [3.63, 3.8) is 0 Å². The topological polar surface area (TPSA) is 47.6 Å². The summed E-state index contributed by atoms with van der Waals surface area (Å²) in [5.74, 6) is 1.21. The fourth-order valence-electron chi connectivity index (χ4n) is 2.09. The number of ether oxygens (including phenoxy) is 2. The van der Waals surface area contributed by atoms with Crippen LogP contribution in [0.1, 0.15) is 25.5 Å². The van der Waals surface area contributed by atoms with Gasteiger partial charge in [-0.15, -0.1) is 0 Å². The van der Waals surface area contributed by atoms with E-state index in [-0.39, 0.29) is 18.6 Å². The van der Waals surface area contributed by atoms with Crippen LogP contribution in [0.15, 0.2) is 48.5 Å². The lowest BCUT2D eigenvalue weighted by atomic mass is 10.1.